The molecule has 0 unspecified atom stereocenters. The normalized spacial score (nSPS) is 10.2. The topological polar surface area (TPSA) is 55.2 Å². The van der Waals surface area contributed by atoms with Crippen molar-refractivity contribution in [2.45, 2.75) is 9.79 Å². The number of anilines is 1. The van der Waals surface area contributed by atoms with Gasteiger partial charge in [0, 0.05) is 34.7 Å². The zero-order valence-corrected chi connectivity index (χ0v) is 11.7. The van der Waals surface area contributed by atoms with Gasteiger partial charge in [0.25, 0.3) is 5.69 Å². The van der Waals surface area contributed by atoms with E-state index in [-0.39, 0.29) is 5.69 Å². The lowest BCUT2D eigenvalue weighted by Gasteiger charge is -2.06. The molecule has 19 heavy (non-hydrogen) atoms. The highest BCUT2D eigenvalue weighted by Gasteiger charge is 2.11. The summed E-state index contributed by atoms with van der Waals surface area (Å²) in [7, 11) is 1.73. The molecule has 0 radical (unpaired) electrons. The van der Waals surface area contributed by atoms with Crippen LogP contribution >= 0.6 is 23.4 Å². The van der Waals surface area contributed by atoms with Gasteiger partial charge in [-0.15, -0.1) is 0 Å². The fourth-order valence-corrected chi connectivity index (χ4v) is 2.73. The molecule has 4 nitrogen and oxygen atoms in total. The largest absolute Gasteiger partial charge is 0.388 e. The Balaban J connectivity index is 2.37. The second-order valence-electron chi connectivity index (χ2n) is 3.76. The summed E-state index contributed by atoms with van der Waals surface area (Å²) in [5, 5.41) is 14.4. The van der Waals surface area contributed by atoms with Crippen molar-refractivity contribution < 1.29 is 4.92 Å². The highest BCUT2D eigenvalue weighted by atomic mass is 35.5. The molecule has 0 saturated carbocycles. The Morgan fingerprint density at radius 2 is 2.00 bits per heavy atom. The number of non-ortho nitro benzene ring substituents is 1. The molecule has 1 N–H and O–H groups in total. The molecule has 0 atom stereocenters. The minimum atomic E-state index is -0.405. The Hall–Kier alpha value is -1.72. The van der Waals surface area contributed by atoms with E-state index in [1.54, 1.807) is 13.1 Å². The van der Waals surface area contributed by atoms with Crippen molar-refractivity contribution >= 4 is 34.7 Å². The first-order chi connectivity index (χ1) is 9.10. The van der Waals surface area contributed by atoms with Gasteiger partial charge in [-0.3, -0.25) is 10.1 Å². The Labute approximate surface area is 119 Å². The second kappa shape index (κ2) is 5.95. The third kappa shape index (κ3) is 3.39. The van der Waals surface area contributed by atoms with Crippen LogP contribution in [0.5, 0.6) is 0 Å². The van der Waals surface area contributed by atoms with Gasteiger partial charge in [-0.25, -0.2) is 0 Å². The van der Waals surface area contributed by atoms with Crippen LogP contribution in [0, 0.1) is 10.1 Å². The molecule has 2 aromatic carbocycles. The summed E-state index contributed by atoms with van der Waals surface area (Å²) < 4.78 is 0. The Morgan fingerprint density at radius 1 is 1.26 bits per heavy atom. The Kier molecular flexibility index (Phi) is 4.29. The summed E-state index contributed by atoms with van der Waals surface area (Å²) in [6.07, 6.45) is 0. The van der Waals surface area contributed by atoms with Crippen molar-refractivity contribution in [1.29, 1.82) is 0 Å². The summed E-state index contributed by atoms with van der Waals surface area (Å²) in [5.74, 6) is 0. The third-order valence-electron chi connectivity index (χ3n) is 2.46. The fraction of sp³-hybridized carbons (Fsp3) is 0.0769. The molecule has 0 amide bonds. The van der Waals surface area contributed by atoms with Gasteiger partial charge in [0.15, 0.2) is 0 Å². The molecule has 0 saturated heterocycles. The predicted molar refractivity (Wildman–Crippen MR) is 78.2 cm³/mol. The first kappa shape index (κ1) is 13.7. The first-order valence-electron chi connectivity index (χ1n) is 5.50. The molecule has 0 aliphatic carbocycles. The van der Waals surface area contributed by atoms with Gasteiger partial charge in [-0.1, -0.05) is 35.5 Å². The molecule has 0 fully saturated rings. The molecule has 0 aliphatic rings. The van der Waals surface area contributed by atoms with Crippen LogP contribution in [0.4, 0.5) is 11.4 Å². The maximum absolute atomic E-state index is 10.9. The molecule has 2 aromatic rings. The molecule has 6 heteroatoms. The molecular formula is C13H11ClN2O2S. The van der Waals surface area contributed by atoms with Crippen LogP contribution in [0.15, 0.2) is 52.3 Å². The highest BCUT2D eigenvalue weighted by Crippen LogP contribution is 2.36. The van der Waals surface area contributed by atoms with Crippen molar-refractivity contribution in [2.75, 3.05) is 12.4 Å². The number of nitro groups is 1. The lowest BCUT2D eigenvalue weighted by molar-refractivity contribution is -0.385. The van der Waals surface area contributed by atoms with E-state index in [0.717, 1.165) is 9.79 Å². The number of hydrogen-bond acceptors (Lipinski definition) is 4. The number of nitrogens with zero attached hydrogens (tertiary/aromatic N) is 1. The van der Waals surface area contributed by atoms with E-state index in [0.29, 0.717) is 10.7 Å². The molecule has 0 heterocycles. The van der Waals surface area contributed by atoms with E-state index < -0.39 is 4.92 Å². The van der Waals surface area contributed by atoms with Gasteiger partial charge >= 0.3 is 0 Å². The number of benzene rings is 2. The number of nitrogens with one attached hydrogen (secondary N) is 1. The maximum atomic E-state index is 10.9. The van der Waals surface area contributed by atoms with Gasteiger partial charge < -0.3 is 5.32 Å². The lowest BCUT2D eigenvalue weighted by Crippen LogP contribution is -1.93. The van der Waals surface area contributed by atoms with Gasteiger partial charge in [-0.2, -0.15) is 0 Å². The molecule has 98 valence electrons. The molecule has 0 bridgehead atoms. The highest BCUT2D eigenvalue weighted by molar-refractivity contribution is 7.99. The van der Waals surface area contributed by atoms with E-state index in [4.69, 9.17) is 11.6 Å². The SMILES string of the molecule is CNc1cc(Sc2ccccc2Cl)cc([N+](=O)[O-])c1. The molecule has 0 aromatic heterocycles. The second-order valence-corrected chi connectivity index (χ2v) is 5.28. The van der Waals surface area contributed by atoms with Crippen molar-refractivity contribution in [3.63, 3.8) is 0 Å². The van der Waals surface area contributed by atoms with Gasteiger partial charge in [0.05, 0.1) is 9.95 Å². The number of halogens is 1. The van der Waals surface area contributed by atoms with E-state index >= 15 is 0 Å². The van der Waals surface area contributed by atoms with Crippen LogP contribution in [-0.4, -0.2) is 12.0 Å². The molecular weight excluding hydrogens is 284 g/mol. The maximum Gasteiger partial charge on any atom is 0.272 e. The van der Waals surface area contributed by atoms with Crippen LogP contribution in [0.3, 0.4) is 0 Å². The quantitative estimate of drug-likeness (QED) is 0.669. The summed E-state index contributed by atoms with van der Waals surface area (Å²) >= 11 is 7.48. The molecule has 0 aliphatic heterocycles. The van der Waals surface area contributed by atoms with Gasteiger partial charge in [0.1, 0.15) is 0 Å². The van der Waals surface area contributed by atoms with Crippen LogP contribution in [-0.2, 0) is 0 Å². The van der Waals surface area contributed by atoms with Crippen molar-refractivity contribution in [2.24, 2.45) is 0 Å². The van der Waals surface area contributed by atoms with Crippen LogP contribution in [0.1, 0.15) is 0 Å². The van der Waals surface area contributed by atoms with E-state index in [9.17, 15) is 10.1 Å². The predicted octanol–water partition coefficient (Wildman–Crippen LogP) is 4.44. The van der Waals surface area contributed by atoms with E-state index in [1.165, 1.54) is 23.9 Å². The number of nitro benzene ring substituents is 1. The average Bonchev–Trinajstić information content (AvgIpc) is 2.41. The van der Waals surface area contributed by atoms with Crippen molar-refractivity contribution in [3.8, 4) is 0 Å². The zero-order valence-electron chi connectivity index (χ0n) is 10.1. The number of rotatable bonds is 4. The standard InChI is InChI=1S/C13H11ClN2O2S/c1-15-9-6-10(16(17)18)8-11(7-9)19-13-5-3-2-4-12(13)14/h2-8,15H,1H3. The van der Waals surface area contributed by atoms with E-state index in [2.05, 4.69) is 5.32 Å². The number of hydrogen-bond donors (Lipinski definition) is 1. The van der Waals surface area contributed by atoms with Gasteiger partial charge in [-0.05, 0) is 18.2 Å². The minimum absolute atomic E-state index is 0.0569. The van der Waals surface area contributed by atoms with Crippen LogP contribution in [0.25, 0.3) is 0 Å². The summed E-state index contributed by atoms with van der Waals surface area (Å²) in [6.45, 7) is 0. The van der Waals surface area contributed by atoms with Gasteiger partial charge in [0.2, 0.25) is 0 Å². The van der Waals surface area contributed by atoms with Crippen molar-refractivity contribution in [1.82, 2.24) is 0 Å². The first-order valence-corrected chi connectivity index (χ1v) is 6.69. The summed E-state index contributed by atoms with van der Waals surface area (Å²) in [4.78, 5) is 12.1. The summed E-state index contributed by atoms with van der Waals surface area (Å²) in [6, 6.07) is 12.3. The smallest absolute Gasteiger partial charge is 0.272 e. The average molecular weight is 295 g/mol. The van der Waals surface area contributed by atoms with Crippen LogP contribution < -0.4 is 5.32 Å². The molecule has 0 spiro atoms. The van der Waals surface area contributed by atoms with Crippen molar-refractivity contribution in [3.05, 3.63) is 57.6 Å². The van der Waals surface area contributed by atoms with E-state index in [1.807, 2.05) is 24.3 Å². The fourth-order valence-electron chi connectivity index (χ4n) is 1.55. The monoisotopic (exact) mass is 294 g/mol. The Bertz CT molecular complexity index is 619. The minimum Gasteiger partial charge on any atom is -0.388 e. The van der Waals surface area contributed by atoms with Crippen LogP contribution in [0.2, 0.25) is 5.02 Å². The lowest BCUT2D eigenvalue weighted by atomic mass is 10.3. The third-order valence-corrected chi connectivity index (χ3v) is 3.94. The Morgan fingerprint density at radius 3 is 2.63 bits per heavy atom. The molecule has 2 rings (SSSR count). The zero-order chi connectivity index (χ0) is 13.8. The summed E-state index contributed by atoms with van der Waals surface area (Å²) in [5.41, 5.74) is 0.755.